The number of hydrazine groups is 1. The number of hydrazone groups is 1. The molecular formula is C20H14ClN5O3S. The molecular weight excluding hydrogens is 426 g/mol. The summed E-state index contributed by atoms with van der Waals surface area (Å²) < 4.78 is 0. The van der Waals surface area contributed by atoms with Gasteiger partial charge in [-0.2, -0.15) is 10.1 Å². The van der Waals surface area contributed by atoms with Gasteiger partial charge >= 0.3 is 11.9 Å². The predicted octanol–water partition coefficient (Wildman–Crippen LogP) is 3.99. The molecule has 2 heterocycles. The van der Waals surface area contributed by atoms with Crippen LogP contribution in [0.2, 0.25) is 5.02 Å². The van der Waals surface area contributed by atoms with Crippen molar-refractivity contribution in [3.05, 3.63) is 76.8 Å². The van der Waals surface area contributed by atoms with E-state index < -0.39 is 11.9 Å². The van der Waals surface area contributed by atoms with Crippen molar-refractivity contribution in [1.82, 2.24) is 10.4 Å². The Morgan fingerprint density at radius 3 is 2.77 bits per heavy atom. The number of carbonyl (C=O) groups excluding carboxylic acids is 1. The zero-order valence-corrected chi connectivity index (χ0v) is 16.9. The summed E-state index contributed by atoms with van der Waals surface area (Å²) in [7, 11) is 0. The first-order chi connectivity index (χ1) is 14.4. The second kappa shape index (κ2) is 7.97. The number of amides is 1. The summed E-state index contributed by atoms with van der Waals surface area (Å²) >= 11 is 7.21. The maximum Gasteiger partial charge on any atom is 0.335 e. The van der Waals surface area contributed by atoms with Crippen molar-refractivity contribution < 1.29 is 14.7 Å². The van der Waals surface area contributed by atoms with Crippen molar-refractivity contribution in [3.8, 4) is 11.3 Å². The quantitative estimate of drug-likeness (QED) is 0.519. The van der Waals surface area contributed by atoms with Gasteiger partial charge in [0.2, 0.25) is 5.13 Å². The van der Waals surface area contributed by atoms with Crippen molar-refractivity contribution in [2.45, 2.75) is 0 Å². The molecule has 150 valence electrons. The zero-order chi connectivity index (χ0) is 21.3. The van der Waals surface area contributed by atoms with E-state index in [9.17, 15) is 9.59 Å². The average Bonchev–Trinajstić information content (AvgIpc) is 3.32. The molecule has 10 heteroatoms. The molecule has 0 saturated carbocycles. The SMILES string of the molecule is C=C1NN(c2nc(-c3ccc(Cl)cc3)cs2)C(=O)/C1=N/Nc1cccc(C(=O)O)c1. The third kappa shape index (κ3) is 3.88. The second-order valence-corrected chi connectivity index (χ2v) is 7.48. The molecule has 4 rings (SSSR count). The molecule has 3 N–H and O–H groups in total. The number of nitrogens with zero attached hydrogens (tertiary/aromatic N) is 3. The number of carbonyl (C=O) groups is 2. The molecule has 30 heavy (non-hydrogen) atoms. The summed E-state index contributed by atoms with van der Waals surface area (Å²) in [5.74, 6) is -1.49. The molecule has 0 aliphatic carbocycles. The van der Waals surface area contributed by atoms with Gasteiger partial charge in [0, 0.05) is 16.0 Å². The molecule has 0 spiro atoms. The van der Waals surface area contributed by atoms with E-state index in [2.05, 4.69) is 27.5 Å². The van der Waals surface area contributed by atoms with Gasteiger partial charge in [-0.05, 0) is 30.3 Å². The van der Waals surface area contributed by atoms with Gasteiger partial charge in [0.05, 0.1) is 22.6 Å². The molecule has 0 bridgehead atoms. The molecule has 8 nitrogen and oxygen atoms in total. The van der Waals surface area contributed by atoms with E-state index in [0.29, 0.717) is 27.2 Å². The van der Waals surface area contributed by atoms with Crippen molar-refractivity contribution >= 4 is 51.3 Å². The van der Waals surface area contributed by atoms with Gasteiger partial charge in [0.25, 0.3) is 0 Å². The number of carboxylic acids is 1. The van der Waals surface area contributed by atoms with Crippen LogP contribution in [0.5, 0.6) is 0 Å². The Bertz CT molecular complexity index is 1190. The Morgan fingerprint density at radius 2 is 2.03 bits per heavy atom. The normalized spacial score (nSPS) is 14.8. The lowest BCUT2D eigenvalue weighted by Crippen LogP contribution is -2.34. The molecule has 1 amide bonds. The smallest absolute Gasteiger partial charge is 0.335 e. The summed E-state index contributed by atoms with van der Waals surface area (Å²) in [4.78, 5) is 28.4. The van der Waals surface area contributed by atoms with Gasteiger partial charge in [-0.15, -0.1) is 11.3 Å². The van der Waals surface area contributed by atoms with Crippen molar-refractivity contribution in [1.29, 1.82) is 0 Å². The third-order valence-corrected chi connectivity index (χ3v) is 5.25. The Hall–Kier alpha value is -3.69. The fraction of sp³-hybridized carbons (Fsp3) is 0. The first-order valence-corrected chi connectivity index (χ1v) is 9.87. The molecule has 1 aromatic heterocycles. The van der Waals surface area contributed by atoms with Crippen LogP contribution in [0.4, 0.5) is 10.8 Å². The predicted molar refractivity (Wildman–Crippen MR) is 117 cm³/mol. The van der Waals surface area contributed by atoms with E-state index >= 15 is 0 Å². The summed E-state index contributed by atoms with van der Waals surface area (Å²) in [5.41, 5.74) is 8.05. The van der Waals surface area contributed by atoms with Crippen LogP contribution in [0.25, 0.3) is 11.3 Å². The number of halogens is 1. The minimum Gasteiger partial charge on any atom is -0.478 e. The van der Waals surface area contributed by atoms with E-state index in [0.717, 1.165) is 5.56 Å². The molecule has 2 aromatic carbocycles. The largest absolute Gasteiger partial charge is 0.478 e. The molecule has 1 aliphatic heterocycles. The van der Waals surface area contributed by atoms with Gasteiger partial charge in [-0.3, -0.25) is 15.6 Å². The number of benzene rings is 2. The zero-order valence-electron chi connectivity index (χ0n) is 15.3. The highest BCUT2D eigenvalue weighted by Crippen LogP contribution is 2.29. The molecule has 0 unspecified atom stereocenters. The number of rotatable bonds is 5. The fourth-order valence-electron chi connectivity index (χ4n) is 2.69. The molecule has 0 radical (unpaired) electrons. The van der Waals surface area contributed by atoms with E-state index in [4.69, 9.17) is 16.7 Å². The number of hydrogen-bond acceptors (Lipinski definition) is 7. The van der Waals surface area contributed by atoms with Gasteiger partial charge in [0.15, 0.2) is 5.71 Å². The lowest BCUT2D eigenvalue weighted by Gasteiger charge is -2.10. The first kappa shape index (κ1) is 19.6. The van der Waals surface area contributed by atoms with E-state index in [1.807, 2.05) is 17.5 Å². The minimum absolute atomic E-state index is 0.0685. The Kier molecular flexibility index (Phi) is 5.21. The number of aromatic carboxylic acids is 1. The number of thiazole rings is 1. The maximum absolute atomic E-state index is 12.8. The number of carboxylic acid groups (broad SMARTS) is 1. The number of aromatic nitrogens is 1. The van der Waals surface area contributed by atoms with Crippen LogP contribution in [0.15, 0.2) is 71.3 Å². The van der Waals surface area contributed by atoms with Crippen molar-refractivity contribution in [3.63, 3.8) is 0 Å². The van der Waals surface area contributed by atoms with Crippen LogP contribution < -0.4 is 15.9 Å². The Morgan fingerprint density at radius 1 is 1.27 bits per heavy atom. The monoisotopic (exact) mass is 439 g/mol. The highest BCUT2D eigenvalue weighted by atomic mass is 35.5. The number of hydrogen-bond donors (Lipinski definition) is 3. The van der Waals surface area contributed by atoms with Crippen LogP contribution in [-0.2, 0) is 4.79 Å². The lowest BCUT2D eigenvalue weighted by atomic mass is 10.2. The minimum atomic E-state index is -1.05. The second-order valence-electron chi connectivity index (χ2n) is 6.21. The van der Waals surface area contributed by atoms with Crippen LogP contribution in [0, 0.1) is 0 Å². The van der Waals surface area contributed by atoms with E-state index in [1.54, 1.807) is 24.3 Å². The van der Waals surface area contributed by atoms with Crippen LogP contribution in [0.1, 0.15) is 10.4 Å². The standard InChI is InChI=1S/C20H14ClN5O3S/c1-11-17(24-23-15-4-2-3-13(9-15)19(28)29)18(27)26(25-11)20-22-16(10-30-20)12-5-7-14(21)8-6-12/h2-10,23,25H,1H2,(H,28,29)/b24-17+. The third-order valence-electron chi connectivity index (χ3n) is 4.17. The molecule has 1 fully saturated rings. The van der Waals surface area contributed by atoms with Crippen LogP contribution in [-0.4, -0.2) is 27.7 Å². The van der Waals surface area contributed by atoms with E-state index in [-0.39, 0.29) is 11.3 Å². The van der Waals surface area contributed by atoms with Gasteiger partial charge in [-0.1, -0.05) is 36.4 Å². The molecule has 3 aromatic rings. The van der Waals surface area contributed by atoms with Crippen molar-refractivity contribution in [2.24, 2.45) is 5.10 Å². The molecule has 1 aliphatic rings. The Balaban J connectivity index is 1.53. The maximum atomic E-state index is 12.8. The fourth-order valence-corrected chi connectivity index (χ4v) is 3.60. The first-order valence-electron chi connectivity index (χ1n) is 8.61. The highest BCUT2D eigenvalue weighted by molar-refractivity contribution is 7.14. The Labute approximate surface area is 180 Å². The number of anilines is 2. The average molecular weight is 440 g/mol. The number of nitrogens with one attached hydrogen (secondary N) is 2. The summed E-state index contributed by atoms with van der Waals surface area (Å²) in [6.07, 6.45) is 0. The summed E-state index contributed by atoms with van der Waals surface area (Å²) in [6.45, 7) is 3.82. The van der Waals surface area contributed by atoms with Crippen LogP contribution >= 0.6 is 22.9 Å². The highest BCUT2D eigenvalue weighted by Gasteiger charge is 2.34. The van der Waals surface area contributed by atoms with Gasteiger partial charge in [-0.25, -0.2) is 9.78 Å². The van der Waals surface area contributed by atoms with E-state index in [1.165, 1.54) is 28.5 Å². The molecule has 1 saturated heterocycles. The van der Waals surface area contributed by atoms with Gasteiger partial charge in [0.1, 0.15) is 0 Å². The van der Waals surface area contributed by atoms with Gasteiger partial charge < -0.3 is 5.11 Å². The summed E-state index contributed by atoms with van der Waals surface area (Å²) in [5, 5.41) is 17.3. The van der Waals surface area contributed by atoms with Crippen molar-refractivity contribution in [2.75, 3.05) is 10.4 Å². The summed E-state index contributed by atoms with van der Waals surface area (Å²) in [6, 6.07) is 13.3. The van der Waals surface area contributed by atoms with Crippen LogP contribution in [0.3, 0.4) is 0 Å². The molecule has 0 atom stereocenters. The topological polar surface area (TPSA) is 107 Å². The lowest BCUT2D eigenvalue weighted by molar-refractivity contribution is -0.112.